The van der Waals surface area contributed by atoms with Crippen molar-refractivity contribution < 1.29 is 19.2 Å². The number of hydrogen-bond donors (Lipinski definition) is 0. The average molecular weight is 375 g/mol. The van der Waals surface area contributed by atoms with Gasteiger partial charge in [-0.05, 0) is 44.2 Å². The molecule has 2 saturated heterocycles. The van der Waals surface area contributed by atoms with Crippen molar-refractivity contribution in [1.82, 2.24) is 4.90 Å². The molecular formula is C19H25N3O5. The van der Waals surface area contributed by atoms with Crippen molar-refractivity contribution in [2.75, 3.05) is 38.2 Å². The van der Waals surface area contributed by atoms with Crippen molar-refractivity contribution in [3.05, 3.63) is 33.9 Å². The molecule has 0 bridgehead atoms. The van der Waals surface area contributed by atoms with Crippen LogP contribution in [0.1, 0.15) is 42.5 Å². The van der Waals surface area contributed by atoms with E-state index < -0.39 is 10.9 Å². The molecule has 0 aliphatic carbocycles. The molecule has 2 fully saturated rings. The Morgan fingerprint density at radius 2 is 1.78 bits per heavy atom. The summed E-state index contributed by atoms with van der Waals surface area (Å²) in [5, 5.41) is 11.1. The largest absolute Gasteiger partial charge is 0.465 e. The minimum absolute atomic E-state index is 0.0393. The first-order chi connectivity index (χ1) is 13.0. The van der Waals surface area contributed by atoms with E-state index in [1.807, 2.05) is 4.90 Å². The average Bonchev–Trinajstić information content (AvgIpc) is 2.72. The molecule has 2 heterocycles. The van der Waals surface area contributed by atoms with Gasteiger partial charge in [-0.15, -0.1) is 0 Å². The third kappa shape index (κ3) is 4.20. The Kier molecular flexibility index (Phi) is 5.93. The van der Waals surface area contributed by atoms with Crippen molar-refractivity contribution in [2.45, 2.75) is 32.1 Å². The molecule has 0 N–H and O–H groups in total. The fourth-order valence-corrected chi connectivity index (χ4v) is 3.91. The van der Waals surface area contributed by atoms with E-state index in [4.69, 9.17) is 0 Å². The Balaban J connectivity index is 1.67. The first kappa shape index (κ1) is 19.1. The minimum Gasteiger partial charge on any atom is -0.465 e. The van der Waals surface area contributed by atoms with Crippen molar-refractivity contribution in [3.63, 3.8) is 0 Å². The van der Waals surface area contributed by atoms with Gasteiger partial charge in [0.05, 0.1) is 12.0 Å². The van der Waals surface area contributed by atoms with Crippen LogP contribution in [-0.2, 0) is 9.53 Å². The van der Waals surface area contributed by atoms with E-state index in [-0.39, 0.29) is 23.1 Å². The van der Waals surface area contributed by atoms with Crippen LogP contribution in [0.4, 0.5) is 11.4 Å². The number of amides is 1. The van der Waals surface area contributed by atoms with Gasteiger partial charge in [-0.25, -0.2) is 4.79 Å². The fourth-order valence-electron chi connectivity index (χ4n) is 3.91. The highest BCUT2D eigenvalue weighted by Gasteiger charge is 2.30. The zero-order valence-corrected chi connectivity index (χ0v) is 15.6. The number of methoxy groups -OCH3 is 1. The molecule has 0 unspecified atom stereocenters. The van der Waals surface area contributed by atoms with Gasteiger partial charge in [0, 0.05) is 43.9 Å². The van der Waals surface area contributed by atoms with Gasteiger partial charge in [-0.3, -0.25) is 14.9 Å². The number of rotatable bonds is 4. The molecule has 2 aliphatic heterocycles. The number of carbonyl (C=O) groups excluding carboxylic acids is 2. The number of nitrogens with zero attached hydrogens (tertiary/aromatic N) is 3. The lowest BCUT2D eigenvalue weighted by Crippen LogP contribution is -2.44. The van der Waals surface area contributed by atoms with Crippen LogP contribution in [0, 0.1) is 16.0 Å². The first-order valence-electron chi connectivity index (χ1n) is 9.41. The van der Waals surface area contributed by atoms with E-state index in [0.717, 1.165) is 44.5 Å². The molecule has 0 saturated carbocycles. The standard InChI is InChI=1S/C19H25N3O5/c1-27-19(24)16-13-15(5-6-17(16)22(25)26)20-11-7-14(8-12-20)18(23)21-9-3-2-4-10-21/h5-6,13-14H,2-4,7-12H2,1H3. The second kappa shape index (κ2) is 8.37. The summed E-state index contributed by atoms with van der Waals surface area (Å²) in [5.74, 6) is -0.426. The second-order valence-electron chi connectivity index (χ2n) is 7.10. The van der Waals surface area contributed by atoms with Gasteiger partial charge >= 0.3 is 5.97 Å². The summed E-state index contributed by atoms with van der Waals surface area (Å²) in [6.45, 7) is 3.10. The summed E-state index contributed by atoms with van der Waals surface area (Å²) in [7, 11) is 1.20. The molecule has 27 heavy (non-hydrogen) atoms. The fraction of sp³-hybridized carbons (Fsp3) is 0.579. The minimum atomic E-state index is -0.723. The molecular weight excluding hydrogens is 350 g/mol. The van der Waals surface area contributed by atoms with E-state index in [1.54, 1.807) is 6.07 Å². The van der Waals surface area contributed by atoms with E-state index in [1.165, 1.54) is 25.7 Å². The second-order valence-corrected chi connectivity index (χ2v) is 7.10. The highest BCUT2D eigenvalue weighted by molar-refractivity contribution is 5.95. The van der Waals surface area contributed by atoms with Crippen molar-refractivity contribution >= 4 is 23.3 Å². The predicted molar refractivity (Wildman–Crippen MR) is 99.8 cm³/mol. The van der Waals surface area contributed by atoms with Crippen LogP contribution < -0.4 is 4.90 Å². The number of carbonyl (C=O) groups is 2. The van der Waals surface area contributed by atoms with Gasteiger partial charge in [0.25, 0.3) is 5.69 Å². The Bertz CT molecular complexity index is 722. The Morgan fingerprint density at radius 3 is 2.37 bits per heavy atom. The first-order valence-corrected chi connectivity index (χ1v) is 9.41. The lowest BCUT2D eigenvalue weighted by molar-refractivity contribution is -0.385. The Morgan fingerprint density at radius 1 is 1.11 bits per heavy atom. The topological polar surface area (TPSA) is 93.0 Å². The van der Waals surface area contributed by atoms with Crippen LogP contribution in [0.3, 0.4) is 0 Å². The van der Waals surface area contributed by atoms with Crippen molar-refractivity contribution in [2.24, 2.45) is 5.92 Å². The molecule has 1 aromatic carbocycles. The van der Waals surface area contributed by atoms with Gasteiger partial charge < -0.3 is 14.5 Å². The van der Waals surface area contributed by atoms with Gasteiger partial charge in [-0.2, -0.15) is 0 Å². The molecule has 2 aliphatic rings. The van der Waals surface area contributed by atoms with Crippen LogP contribution in [0.2, 0.25) is 0 Å². The normalized spacial score (nSPS) is 18.3. The maximum absolute atomic E-state index is 12.7. The number of ether oxygens (including phenoxy) is 1. The number of benzene rings is 1. The Labute approximate surface area is 158 Å². The van der Waals surface area contributed by atoms with Gasteiger partial charge in [0.2, 0.25) is 5.91 Å². The zero-order valence-electron chi connectivity index (χ0n) is 15.6. The number of piperidine rings is 2. The summed E-state index contributed by atoms with van der Waals surface area (Å²) in [5.41, 5.74) is 0.428. The number of nitro benzene ring substituents is 1. The highest BCUT2D eigenvalue weighted by Crippen LogP contribution is 2.29. The van der Waals surface area contributed by atoms with Crippen LogP contribution in [0.15, 0.2) is 18.2 Å². The van der Waals surface area contributed by atoms with Crippen LogP contribution in [0.25, 0.3) is 0 Å². The van der Waals surface area contributed by atoms with Gasteiger partial charge in [0.1, 0.15) is 5.56 Å². The number of anilines is 1. The number of nitro groups is 1. The molecule has 1 amide bonds. The van der Waals surface area contributed by atoms with Crippen molar-refractivity contribution in [3.8, 4) is 0 Å². The zero-order chi connectivity index (χ0) is 19.4. The lowest BCUT2D eigenvalue weighted by atomic mass is 9.94. The molecule has 0 atom stereocenters. The van der Waals surface area contributed by atoms with E-state index in [9.17, 15) is 19.7 Å². The van der Waals surface area contributed by atoms with Crippen LogP contribution in [-0.4, -0.2) is 55.0 Å². The van der Waals surface area contributed by atoms with E-state index >= 15 is 0 Å². The van der Waals surface area contributed by atoms with Crippen LogP contribution in [0.5, 0.6) is 0 Å². The molecule has 8 nitrogen and oxygen atoms in total. The molecule has 0 aromatic heterocycles. The molecule has 1 aromatic rings. The van der Waals surface area contributed by atoms with Crippen LogP contribution >= 0.6 is 0 Å². The number of hydrogen-bond acceptors (Lipinski definition) is 6. The smallest absolute Gasteiger partial charge is 0.344 e. The summed E-state index contributed by atoms with van der Waals surface area (Å²) < 4.78 is 4.67. The summed E-state index contributed by atoms with van der Waals surface area (Å²) >= 11 is 0. The summed E-state index contributed by atoms with van der Waals surface area (Å²) in [4.78, 5) is 39.2. The van der Waals surface area contributed by atoms with E-state index in [2.05, 4.69) is 9.64 Å². The van der Waals surface area contributed by atoms with E-state index in [0.29, 0.717) is 13.1 Å². The Hall–Kier alpha value is -2.64. The SMILES string of the molecule is COC(=O)c1cc(N2CCC(C(=O)N3CCCCC3)CC2)ccc1[N+](=O)[O-]. The van der Waals surface area contributed by atoms with Gasteiger partial charge in [0.15, 0.2) is 0 Å². The quantitative estimate of drug-likeness (QED) is 0.456. The molecule has 0 radical (unpaired) electrons. The predicted octanol–water partition coefficient (Wildman–Crippen LogP) is 2.61. The van der Waals surface area contributed by atoms with Crippen molar-refractivity contribution in [1.29, 1.82) is 0 Å². The maximum Gasteiger partial charge on any atom is 0.344 e. The molecule has 146 valence electrons. The third-order valence-electron chi connectivity index (χ3n) is 5.46. The maximum atomic E-state index is 12.7. The summed E-state index contributed by atoms with van der Waals surface area (Å²) in [6.07, 6.45) is 4.87. The highest BCUT2D eigenvalue weighted by atomic mass is 16.6. The number of esters is 1. The monoisotopic (exact) mass is 375 g/mol. The number of likely N-dealkylation sites (tertiary alicyclic amines) is 1. The molecule has 8 heteroatoms. The lowest BCUT2D eigenvalue weighted by Gasteiger charge is -2.36. The van der Waals surface area contributed by atoms with Gasteiger partial charge in [-0.1, -0.05) is 0 Å². The molecule has 0 spiro atoms. The molecule has 3 rings (SSSR count). The summed E-state index contributed by atoms with van der Waals surface area (Å²) in [6, 6.07) is 4.50. The third-order valence-corrected chi connectivity index (χ3v) is 5.46.